The molecule has 3 unspecified atom stereocenters. The molecule has 0 radical (unpaired) electrons. The van der Waals surface area contributed by atoms with Crippen LogP contribution in [0.15, 0.2) is 12.2 Å². The van der Waals surface area contributed by atoms with Gasteiger partial charge in [0.2, 0.25) is 0 Å². The van der Waals surface area contributed by atoms with E-state index in [4.69, 9.17) is 4.74 Å². The van der Waals surface area contributed by atoms with Gasteiger partial charge >= 0.3 is 0 Å². The molecular formula is C10H16O3. The molecule has 0 aromatic carbocycles. The summed E-state index contributed by atoms with van der Waals surface area (Å²) in [6, 6.07) is 0. The molecule has 0 amide bonds. The van der Waals surface area contributed by atoms with E-state index >= 15 is 0 Å². The monoisotopic (exact) mass is 184 g/mol. The predicted molar refractivity (Wildman–Crippen MR) is 49.1 cm³/mol. The molecule has 74 valence electrons. The third-order valence-electron chi connectivity index (χ3n) is 2.46. The molecule has 0 aromatic rings. The van der Waals surface area contributed by atoms with Crippen LogP contribution in [0.2, 0.25) is 0 Å². The number of carbonyl (C=O) groups is 1. The molecule has 1 heterocycles. The lowest BCUT2D eigenvalue weighted by atomic mass is 9.88. The van der Waals surface area contributed by atoms with Crippen molar-refractivity contribution in [2.24, 2.45) is 5.92 Å². The Morgan fingerprint density at radius 1 is 1.46 bits per heavy atom. The van der Waals surface area contributed by atoms with Gasteiger partial charge in [0, 0.05) is 6.42 Å². The van der Waals surface area contributed by atoms with Crippen LogP contribution >= 0.6 is 0 Å². The van der Waals surface area contributed by atoms with E-state index in [0.717, 1.165) is 5.57 Å². The largest absolute Gasteiger partial charge is 0.368 e. The molecule has 13 heavy (non-hydrogen) atoms. The van der Waals surface area contributed by atoms with Crippen LogP contribution in [0.5, 0.6) is 0 Å². The molecule has 3 atom stereocenters. The average Bonchev–Trinajstić information content (AvgIpc) is 2.03. The number of hydrogen-bond donors (Lipinski definition) is 1. The number of aliphatic hydroxyl groups is 1. The van der Waals surface area contributed by atoms with Gasteiger partial charge in [0.05, 0.1) is 0 Å². The van der Waals surface area contributed by atoms with Gasteiger partial charge in [0.1, 0.15) is 6.10 Å². The van der Waals surface area contributed by atoms with Crippen molar-refractivity contribution in [2.75, 3.05) is 0 Å². The predicted octanol–water partition coefficient (Wildman–Crippen LogP) is 1.27. The maximum absolute atomic E-state index is 11.0. The van der Waals surface area contributed by atoms with E-state index in [9.17, 15) is 9.90 Å². The Bertz CT molecular complexity index is 200. The number of ketones is 1. The Morgan fingerprint density at radius 3 is 2.54 bits per heavy atom. The zero-order valence-corrected chi connectivity index (χ0v) is 8.12. The Kier molecular flexibility index (Phi) is 3.22. The molecule has 1 saturated heterocycles. The number of rotatable bonds is 2. The number of hydrogen-bond acceptors (Lipinski definition) is 3. The van der Waals surface area contributed by atoms with Crippen LogP contribution in [-0.2, 0) is 9.53 Å². The Balaban J connectivity index is 2.62. The van der Waals surface area contributed by atoms with Crippen LogP contribution in [0.1, 0.15) is 26.7 Å². The minimum Gasteiger partial charge on any atom is -0.368 e. The summed E-state index contributed by atoms with van der Waals surface area (Å²) < 4.78 is 5.09. The van der Waals surface area contributed by atoms with Gasteiger partial charge in [-0.25, -0.2) is 0 Å². The van der Waals surface area contributed by atoms with E-state index in [1.807, 2.05) is 6.92 Å². The first kappa shape index (κ1) is 10.4. The normalized spacial score (nSPS) is 34.2. The molecule has 3 heteroatoms. The van der Waals surface area contributed by atoms with Gasteiger partial charge in [0.25, 0.3) is 0 Å². The summed E-state index contributed by atoms with van der Waals surface area (Å²) in [5.41, 5.74) is 1.01. The van der Waals surface area contributed by atoms with Gasteiger partial charge in [-0.3, -0.25) is 4.79 Å². The minimum absolute atomic E-state index is 0.0231. The van der Waals surface area contributed by atoms with Gasteiger partial charge in [0.15, 0.2) is 12.1 Å². The van der Waals surface area contributed by atoms with E-state index in [-0.39, 0.29) is 11.7 Å². The van der Waals surface area contributed by atoms with Crippen LogP contribution in [-0.4, -0.2) is 23.3 Å². The first-order valence-electron chi connectivity index (χ1n) is 4.50. The lowest BCUT2D eigenvalue weighted by Crippen LogP contribution is -2.37. The van der Waals surface area contributed by atoms with Crippen LogP contribution in [0, 0.1) is 5.92 Å². The van der Waals surface area contributed by atoms with Crippen molar-refractivity contribution in [1.82, 2.24) is 0 Å². The average molecular weight is 184 g/mol. The Hall–Kier alpha value is -0.670. The second-order valence-corrected chi connectivity index (χ2v) is 3.70. The lowest BCUT2D eigenvalue weighted by molar-refractivity contribution is -0.180. The number of allylic oxidation sites excluding steroid dienone is 1. The zero-order valence-electron chi connectivity index (χ0n) is 8.12. The third-order valence-corrected chi connectivity index (χ3v) is 2.46. The maximum atomic E-state index is 11.0. The fourth-order valence-corrected chi connectivity index (χ4v) is 1.56. The first-order chi connectivity index (χ1) is 6.00. The number of aliphatic hydroxyl groups excluding tert-OH is 1. The van der Waals surface area contributed by atoms with Crippen molar-refractivity contribution in [3.8, 4) is 0 Å². The van der Waals surface area contributed by atoms with E-state index in [1.165, 1.54) is 6.92 Å². The van der Waals surface area contributed by atoms with E-state index < -0.39 is 12.4 Å². The summed E-state index contributed by atoms with van der Waals surface area (Å²) in [5, 5.41) is 9.33. The molecule has 1 rings (SSSR count). The SMILES string of the molecule is C=C(C)C1CC(O)OC(C(C)=O)C1. The standard InChI is InChI=1S/C10H16O3/c1-6(2)8-4-9(7(3)11)13-10(12)5-8/h8-10,12H,1,4-5H2,2-3H3. The van der Waals surface area contributed by atoms with Crippen molar-refractivity contribution >= 4 is 5.78 Å². The summed E-state index contributed by atoms with van der Waals surface area (Å²) in [4.78, 5) is 11.0. The highest BCUT2D eigenvalue weighted by molar-refractivity contribution is 5.80. The van der Waals surface area contributed by atoms with Crippen molar-refractivity contribution in [2.45, 2.75) is 39.1 Å². The molecule has 1 fully saturated rings. The number of Topliss-reactive ketones (excluding diaryl/α,β-unsaturated/α-hetero) is 1. The van der Waals surface area contributed by atoms with Gasteiger partial charge < -0.3 is 9.84 Å². The molecule has 0 spiro atoms. The van der Waals surface area contributed by atoms with Crippen molar-refractivity contribution in [3.05, 3.63) is 12.2 Å². The van der Waals surface area contributed by atoms with E-state index in [0.29, 0.717) is 12.8 Å². The maximum Gasteiger partial charge on any atom is 0.158 e. The van der Waals surface area contributed by atoms with Crippen molar-refractivity contribution < 1.29 is 14.6 Å². The molecule has 0 aromatic heterocycles. The Labute approximate surface area is 78.4 Å². The van der Waals surface area contributed by atoms with E-state index in [2.05, 4.69) is 6.58 Å². The van der Waals surface area contributed by atoms with Crippen molar-refractivity contribution in [3.63, 3.8) is 0 Å². The molecule has 1 N–H and O–H groups in total. The topological polar surface area (TPSA) is 46.5 Å². The third kappa shape index (κ3) is 2.64. The van der Waals surface area contributed by atoms with Crippen LogP contribution in [0.25, 0.3) is 0 Å². The van der Waals surface area contributed by atoms with Crippen LogP contribution in [0.3, 0.4) is 0 Å². The van der Waals surface area contributed by atoms with E-state index in [1.54, 1.807) is 0 Å². The van der Waals surface area contributed by atoms with Crippen LogP contribution < -0.4 is 0 Å². The highest BCUT2D eigenvalue weighted by Crippen LogP contribution is 2.28. The van der Waals surface area contributed by atoms with Gasteiger partial charge in [-0.2, -0.15) is 0 Å². The highest BCUT2D eigenvalue weighted by Gasteiger charge is 2.30. The summed E-state index contributed by atoms with van der Waals surface area (Å²) in [6.07, 6.45) is -0.0595. The molecule has 1 aliphatic rings. The zero-order chi connectivity index (χ0) is 10.0. The summed E-state index contributed by atoms with van der Waals surface area (Å²) in [6.45, 7) is 7.23. The molecule has 0 bridgehead atoms. The van der Waals surface area contributed by atoms with Crippen molar-refractivity contribution in [1.29, 1.82) is 0 Å². The second-order valence-electron chi connectivity index (χ2n) is 3.70. The fraction of sp³-hybridized carbons (Fsp3) is 0.700. The second kappa shape index (κ2) is 4.03. The number of carbonyl (C=O) groups excluding carboxylic acids is 1. The lowest BCUT2D eigenvalue weighted by Gasteiger charge is -2.31. The molecule has 0 saturated carbocycles. The summed E-state index contributed by atoms with van der Waals surface area (Å²) in [7, 11) is 0. The summed E-state index contributed by atoms with van der Waals surface area (Å²) in [5.74, 6) is 0.183. The minimum atomic E-state index is -0.815. The smallest absolute Gasteiger partial charge is 0.158 e. The van der Waals surface area contributed by atoms with Crippen LogP contribution in [0.4, 0.5) is 0 Å². The molecule has 3 nitrogen and oxygen atoms in total. The Morgan fingerprint density at radius 2 is 2.08 bits per heavy atom. The summed E-state index contributed by atoms with van der Waals surface area (Å²) >= 11 is 0. The quantitative estimate of drug-likeness (QED) is 0.657. The van der Waals surface area contributed by atoms with Gasteiger partial charge in [-0.1, -0.05) is 12.2 Å². The van der Waals surface area contributed by atoms with Gasteiger partial charge in [-0.15, -0.1) is 0 Å². The fourth-order valence-electron chi connectivity index (χ4n) is 1.56. The molecular weight excluding hydrogens is 168 g/mol. The number of ether oxygens (including phenoxy) is 1. The highest BCUT2D eigenvalue weighted by atomic mass is 16.6. The molecule has 1 aliphatic heterocycles. The molecule has 0 aliphatic carbocycles. The van der Waals surface area contributed by atoms with Gasteiger partial charge in [-0.05, 0) is 26.2 Å². The first-order valence-corrected chi connectivity index (χ1v) is 4.50.